The number of aromatic nitrogens is 6. The fourth-order valence-electron chi connectivity index (χ4n) is 0.741. The van der Waals surface area contributed by atoms with E-state index in [0.717, 1.165) is 0 Å². The molecular formula is C6H8N8O4. The van der Waals surface area contributed by atoms with E-state index < -0.39 is 11.9 Å². The van der Waals surface area contributed by atoms with E-state index in [1.165, 1.54) is 0 Å². The van der Waals surface area contributed by atoms with Gasteiger partial charge < -0.3 is 21.7 Å². The highest BCUT2D eigenvalue weighted by atomic mass is 16.4. The third-order valence-electron chi connectivity index (χ3n) is 1.41. The number of nitrogen functional groups attached to an aromatic ring is 2. The third-order valence-corrected chi connectivity index (χ3v) is 1.41. The van der Waals surface area contributed by atoms with Crippen LogP contribution >= 0.6 is 0 Å². The van der Waals surface area contributed by atoms with Crippen molar-refractivity contribution >= 4 is 23.8 Å². The standard InChI is InChI=1S/2C3H4N4O2/c2*4-3-5-1(2(8)9)6-7-3/h2*(H,8,9)(H3,4,5,6,7). The number of nitrogens with one attached hydrogen (secondary N) is 2. The van der Waals surface area contributed by atoms with Crippen LogP contribution in [0.25, 0.3) is 0 Å². The molecule has 96 valence electrons. The van der Waals surface area contributed by atoms with E-state index in [0.29, 0.717) is 0 Å². The number of aromatic carboxylic acids is 2. The van der Waals surface area contributed by atoms with Crippen molar-refractivity contribution in [3.05, 3.63) is 11.6 Å². The first-order valence-electron chi connectivity index (χ1n) is 4.22. The molecule has 0 aliphatic carbocycles. The molecule has 2 aromatic heterocycles. The molecule has 2 rings (SSSR count). The highest BCUT2D eigenvalue weighted by Gasteiger charge is 2.06. The van der Waals surface area contributed by atoms with Gasteiger partial charge in [-0.1, -0.05) is 0 Å². The molecule has 0 unspecified atom stereocenters. The molecule has 18 heavy (non-hydrogen) atoms. The average molecular weight is 256 g/mol. The maximum absolute atomic E-state index is 10.0. The summed E-state index contributed by atoms with van der Waals surface area (Å²) in [6, 6.07) is 0. The summed E-state index contributed by atoms with van der Waals surface area (Å²) in [6.07, 6.45) is 0. The lowest BCUT2D eigenvalue weighted by Gasteiger charge is -1.77. The van der Waals surface area contributed by atoms with Crippen molar-refractivity contribution in [2.75, 3.05) is 11.5 Å². The number of nitrogens with zero attached hydrogens (tertiary/aromatic N) is 4. The van der Waals surface area contributed by atoms with Crippen LogP contribution in [-0.2, 0) is 0 Å². The third kappa shape index (κ3) is 3.44. The molecule has 0 fully saturated rings. The van der Waals surface area contributed by atoms with Crippen molar-refractivity contribution in [1.29, 1.82) is 0 Å². The first-order valence-corrected chi connectivity index (χ1v) is 4.22. The van der Waals surface area contributed by atoms with Crippen molar-refractivity contribution in [3.8, 4) is 0 Å². The van der Waals surface area contributed by atoms with Crippen LogP contribution in [0.1, 0.15) is 21.2 Å². The molecule has 0 radical (unpaired) electrons. The Balaban J connectivity index is 0.000000180. The number of hydrogen-bond donors (Lipinski definition) is 6. The lowest BCUT2D eigenvalue weighted by Crippen LogP contribution is -1.98. The van der Waals surface area contributed by atoms with Gasteiger partial charge in [0.05, 0.1) is 0 Å². The summed E-state index contributed by atoms with van der Waals surface area (Å²) >= 11 is 0. The zero-order valence-electron chi connectivity index (χ0n) is 8.65. The zero-order valence-corrected chi connectivity index (χ0v) is 8.65. The number of anilines is 2. The Morgan fingerprint density at radius 1 is 0.889 bits per heavy atom. The normalized spacial score (nSPS) is 9.33. The van der Waals surface area contributed by atoms with E-state index in [9.17, 15) is 9.59 Å². The van der Waals surface area contributed by atoms with Crippen LogP contribution in [0.3, 0.4) is 0 Å². The molecule has 12 heteroatoms. The summed E-state index contributed by atoms with van der Waals surface area (Å²) in [7, 11) is 0. The lowest BCUT2D eigenvalue weighted by molar-refractivity contribution is 0.0673. The van der Waals surface area contributed by atoms with Crippen molar-refractivity contribution in [3.63, 3.8) is 0 Å². The average Bonchev–Trinajstić information content (AvgIpc) is 2.88. The number of carboxylic acids is 2. The second-order valence-electron chi connectivity index (χ2n) is 2.69. The van der Waals surface area contributed by atoms with Gasteiger partial charge in [0, 0.05) is 0 Å². The van der Waals surface area contributed by atoms with Gasteiger partial charge in [0.2, 0.25) is 23.5 Å². The molecule has 2 heterocycles. The van der Waals surface area contributed by atoms with Crippen LogP contribution in [0, 0.1) is 0 Å². The quantitative estimate of drug-likeness (QED) is 0.353. The number of carboxylic acid groups (broad SMARTS) is 2. The Morgan fingerprint density at radius 2 is 1.22 bits per heavy atom. The van der Waals surface area contributed by atoms with Crippen LogP contribution in [0.2, 0.25) is 0 Å². The molecule has 12 nitrogen and oxygen atoms in total. The summed E-state index contributed by atoms with van der Waals surface area (Å²) < 4.78 is 0. The topological polar surface area (TPSA) is 210 Å². The minimum Gasteiger partial charge on any atom is -0.475 e. The van der Waals surface area contributed by atoms with Gasteiger partial charge in [0.1, 0.15) is 0 Å². The van der Waals surface area contributed by atoms with Crippen LogP contribution in [0.4, 0.5) is 11.9 Å². The highest BCUT2D eigenvalue weighted by molar-refractivity contribution is 5.83. The molecule has 0 spiro atoms. The summed E-state index contributed by atoms with van der Waals surface area (Å²) in [5.74, 6) is -2.95. The van der Waals surface area contributed by atoms with Gasteiger partial charge in [-0.25, -0.2) is 9.59 Å². The number of carbonyl (C=O) groups is 2. The van der Waals surface area contributed by atoms with E-state index >= 15 is 0 Å². The molecule has 0 saturated carbocycles. The van der Waals surface area contributed by atoms with E-state index in [4.69, 9.17) is 21.7 Å². The monoisotopic (exact) mass is 256 g/mol. The summed E-state index contributed by atoms with van der Waals surface area (Å²) in [5.41, 5.74) is 10.00. The molecule has 0 amide bonds. The first kappa shape index (κ1) is 12.9. The predicted octanol–water partition coefficient (Wildman–Crippen LogP) is -1.83. The predicted molar refractivity (Wildman–Crippen MR) is 55.5 cm³/mol. The van der Waals surface area contributed by atoms with Gasteiger partial charge in [-0.2, -0.15) is 9.97 Å². The SMILES string of the molecule is Nc1n[nH]c(C(=O)O)n1.Nc1n[nH]c(C(=O)O)n1. The number of nitrogens with two attached hydrogens (primary N) is 2. The van der Waals surface area contributed by atoms with Gasteiger partial charge in [-0.15, -0.1) is 10.2 Å². The van der Waals surface area contributed by atoms with Crippen LogP contribution < -0.4 is 11.5 Å². The molecule has 2 aromatic rings. The van der Waals surface area contributed by atoms with Crippen molar-refractivity contribution in [1.82, 2.24) is 30.4 Å². The highest BCUT2D eigenvalue weighted by Crippen LogP contribution is 1.91. The Labute approximate surface area is 98.0 Å². The first-order chi connectivity index (χ1) is 8.40. The largest absolute Gasteiger partial charge is 0.475 e. The van der Waals surface area contributed by atoms with E-state index in [-0.39, 0.29) is 23.5 Å². The number of hydrogen-bond acceptors (Lipinski definition) is 8. The van der Waals surface area contributed by atoms with Gasteiger partial charge >= 0.3 is 11.9 Å². The number of rotatable bonds is 2. The Bertz CT molecular complexity index is 509. The molecule has 0 bridgehead atoms. The number of H-pyrrole nitrogens is 2. The fourth-order valence-corrected chi connectivity index (χ4v) is 0.741. The van der Waals surface area contributed by atoms with Gasteiger partial charge in [0.25, 0.3) is 0 Å². The van der Waals surface area contributed by atoms with Gasteiger partial charge in [0.15, 0.2) is 0 Å². The number of aromatic amines is 2. The smallest absolute Gasteiger partial charge is 0.373 e. The van der Waals surface area contributed by atoms with Crippen LogP contribution in [-0.4, -0.2) is 52.5 Å². The second-order valence-corrected chi connectivity index (χ2v) is 2.69. The van der Waals surface area contributed by atoms with Crippen LogP contribution in [0.15, 0.2) is 0 Å². The molecule has 8 N–H and O–H groups in total. The van der Waals surface area contributed by atoms with Crippen molar-refractivity contribution < 1.29 is 19.8 Å². The fraction of sp³-hybridized carbons (Fsp3) is 0. The second kappa shape index (κ2) is 5.24. The summed E-state index contributed by atoms with van der Waals surface area (Å²) in [4.78, 5) is 26.7. The van der Waals surface area contributed by atoms with Gasteiger partial charge in [-0.05, 0) is 0 Å². The van der Waals surface area contributed by atoms with E-state index in [2.05, 4.69) is 30.4 Å². The molecule has 0 aromatic carbocycles. The Kier molecular flexibility index (Phi) is 3.75. The minimum absolute atomic E-state index is 0.0626. The van der Waals surface area contributed by atoms with Crippen molar-refractivity contribution in [2.45, 2.75) is 0 Å². The molecule has 0 saturated heterocycles. The van der Waals surface area contributed by atoms with Crippen molar-refractivity contribution in [2.24, 2.45) is 0 Å². The van der Waals surface area contributed by atoms with E-state index in [1.54, 1.807) is 0 Å². The maximum Gasteiger partial charge on any atom is 0.373 e. The molecule has 0 aliphatic heterocycles. The zero-order chi connectivity index (χ0) is 13.7. The minimum atomic E-state index is -1.17. The molecule has 0 aliphatic rings. The Morgan fingerprint density at radius 3 is 1.33 bits per heavy atom. The lowest BCUT2D eigenvalue weighted by atomic mass is 10.6. The maximum atomic E-state index is 10.0. The van der Waals surface area contributed by atoms with Crippen LogP contribution in [0.5, 0.6) is 0 Å². The summed E-state index contributed by atoms with van der Waals surface area (Å²) in [5, 5.41) is 27.3. The molecular weight excluding hydrogens is 248 g/mol. The Hall–Kier alpha value is -3.18. The van der Waals surface area contributed by atoms with E-state index in [1.807, 2.05) is 0 Å². The summed E-state index contributed by atoms with van der Waals surface area (Å²) in [6.45, 7) is 0. The van der Waals surface area contributed by atoms with Gasteiger partial charge in [-0.3, -0.25) is 10.2 Å². The molecule has 0 atom stereocenters.